The summed E-state index contributed by atoms with van der Waals surface area (Å²) in [5.41, 5.74) is 2.20. The van der Waals surface area contributed by atoms with Gasteiger partial charge in [0.15, 0.2) is 5.76 Å². The highest BCUT2D eigenvalue weighted by Gasteiger charge is 2.28. The Morgan fingerprint density at radius 3 is 2.53 bits per heavy atom. The normalized spacial score (nSPS) is 15.0. The van der Waals surface area contributed by atoms with Crippen LogP contribution < -0.4 is 5.32 Å². The van der Waals surface area contributed by atoms with Crippen molar-refractivity contribution >= 4 is 38.5 Å². The quantitative estimate of drug-likeness (QED) is 0.616. The number of fused-ring (bicyclic) bond motifs is 1. The molecule has 8 heteroatoms. The van der Waals surface area contributed by atoms with Crippen molar-refractivity contribution in [3.05, 3.63) is 64.4 Å². The number of amides is 1. The van der Waals surface area contributed by atoms with E-state index in [1.54, 1.807) is 25.1 Å². The Morgan fingerprint density at radius 2 is 1.83 bits per heavy atom. The smallest absolute Gasteiger partial charge is 0.287 e. The van der Waals surface area contributed by atoms with E-state index < -0.39 is 10.0 Å². The minimum Gasteiger partial charge on any atom is -0.451 e. The van der Waals surface area contributed by atoms with Crippen molar-refractivity contribution in [2.24, 2.45) is 0 Å². The minimum absolute atomic E-state index is 0.205. The van der Waals surface area contributed by atoms with Gasteiger partial charge in [-0.1, -0.05) is 23.7 Å². The van der Waals surface area contributed by atoms with Crippen LogP contribution in [0.15, 0.2) is 51.8 Å². The Labute approximate surface area is 180 Å². The maximum atomic E-state index is 12.8. The van der Waals surface area contributed by atoms with Crippen LogP contribution in [0.1, 0.15) is 34.5 Å². The topological polar surface area (TPSA) is 79.6 Å². The molecule has 158 valence electrons. The number of carbonyl (C=O) groups excluding carboxylic acids is 1. The number of aryl methyl sites for hydroxylation is 1. The molecular formula is C22H23ClN2O4S. The first-order chi connectivity index (χ1) is 14.4. The Balaban J connectivity index is 1.51. The monoisotopic (exact) mass is 446 g/mol. The molecule has 2 heterocycles. The van der Waals surface area contributed by atoms with Gasteiger partial charge in [0.25, 0.3) is 5.91 Å². The van der Waals surface area contributed by atoms with Gasteiger partial charge >= 0.3 is 0 Å². The third kappa shape index (κ3) is 4.10. The van der Waals surface area contributed by atoms with Crippen LogP contribution >= 0.6 is 11.6 Å². The Kier molecular flexibility index (Phi) is 5.86. The number of nitrogens with one attached hydrogen (secondary N) is 1. The van der Waals surface area contributed by atoms with Gasteiger partial charge in [0, 0.05) is 35.6 Å². The van der Waals surface area contributed by atoms with Gasteiger partial charge in [-0.25, -0.2) is 8.42 Å². The third-order valence-corrected chi connectivity index (χ3v) is 7.58. The van der Waals surface area contributed by atoms with E-state index >= 15 is 0 Å². The van der Waals surface area contributed by atoms with E-state index in [1.807, 2.05) is 24.3 Å². The molecule has 0 unspecified atom stereocenters. The van der Waals surface area contributed by atoms with Crippen molar-refractivity contribution in [3.63, 3.8) is 0 Å². The van der Waals surface area contributed by atoms with Crippen LogP contribution in [0, 0.1) is 6.92 Å². The first-order valence-electron chi connectivity index (χ1n) is 9.92. The molecule has 6 nitrogen and oxygen atoms in total. The minimum atomic E-state index is -3.52. The van der Waals surface area contributed by atoms with E-state index in [0.29, 0.717) is 47.6 Å². The van der Waals surface area contributed by atoms with Crippen molar-refractivity contribution in [2.45, 2.75) is 31.1 Å². The number of halogens is 1. The van der Waals surface area contributed by atoms with Crippen LogP contribution in [-0.4, -0.2) is 38.3 Å². The number of hydrogen-bond donors (Lipinski definition) is 1. The molecule has 1 aliphatic rings. The molecule has 1 amide bonds. The van der Waals surface area contributed by atoms with Crippen molar-refractivity contribution in [1.82, 2.24) is 9.62 Å². The number of benzene rings is 2. The van der Waals surface area contributed by atoms with E-state index in [1.165, 1.54) is 4.31 Å². The fourth-order valence-electron chi connectivity index (χ4n) is 3.71. The number of carbonyl (C=O) groups is 1. The van der Waals surface area contributed by atoms with Gasteiger partial charge < -0.3 is 9.73 Å². The molecule has 0 aliphatic carbocycles. The molecule has 1 fully saturated rings. The molecule has 0 bridgehead atoms. The summed E-state index contributed by atoms with van der Waals surface area (Å²) in [6.45, 7) is 3.32. The second-order valence-corrected chi connectivity index (χ2v) is 9.83. The number of hydrogen-bond acceptors (Lipinski definition) is 4. The van der Waals surface area contributed by atoms with Crippen LogP contribution in [0.2, 0.25) is 5.02 Å². The largest absolute Gasteiger partial charge is 0.451 e. The molecule has 2 aromatic carbocycles. The maximum absolute atomic E-state index is 12.8. The molecule has 1 N–H and O–H groups in total. The van der Waals surface area contributed by atoms with E-state index in [4.69, 9.17) is 16.0 Å². The van der Waals surface area contributed by atoms with Gasteiger partial charge in [0.2, 0.25) is 10.0 Å². The van der Waals surface area contributed by atoms with Crippen LogP contribution in [0.5, 0.6) is 0 Å². The molecular weight excluding hydrogens is 424 g/mol. The number of rotatable bonds is 6. The lowest BCUT2D eigenvalue weighted by Crippen LogP contribution is -2.27. The summed E-state index contributed by atoms with van der Waals surface area (Å²) in [5.74, 6) is -0.113. The predicted octanol–water partition coefficient (Wildman–Crippen LogP) is 4.15. The molecule has 0 atom stereocenters. The lowest BCUT2D eigenvalue weighted by Gasteiger charge is -2.15. The number of furan rings is 1. The van der Waals surface area contributed by atoms with Crippen LogP contribution in [0.4, 0.5) is 0 Å². The summed E-state index contributed by atoms with van der Waals surface area (Å²) < 4.78 is 32.9. The predicted molar refractivity (Wildman–Crippen MR) is 116 cm³/mol. The van der Waals surface area contributed by atoms with Gasteiger partial charge in [-0.15, -0.1) is 0 Å². The zero-order valence-corrected chi connectivity index (χ0v) is 18.2. The Morgan fingerprint density at radius 1 is 1.13 bits per heavy atom. The molecule has 0 saturated carbocycles. The summed E-state index contributed by atoms with van der Waals surface area (Å²) in [6.07, 6.45) is 2.43. The molecule has 1 aromatic heterocycles. The van der Waals surface area contributed by atoms with Gasteiger partial charge in [-0.2, -0.15) is 4.31 Å². The summed E-state index contributed by atoms with van der Waals surface area (Å²) in [4.78, 5) is 12.8. The third-order valence-electron chi connectivity index (χ3n) is 5.43. The summed E-state index contributed by atoms with van der Waals surface area (Å²) in [6, 6.07) is 12.2. The molecule has 30 heavy (non-hydrogen) atoms. The lowest BCUT2D eigenvalue weighted by atomic mass is 10.1. The zero-order valence-electron chi connectivity index (χ0n) is 16.7. The Hall–Kier alpha value is -2.35. The first-order valence-corrected chi connectivity index (χ1v) is 11.7. The summed E-state index contributed by atoms with van der Waals surface area (Å²) >= 11 is 5.89. The van der Waals surface area contributed by atoms with E-state index in [-0.39, 0.29) is 16.6 Å². The van der Waals surface area contributed by atoms with Gasteiger partial charge in [0.1, 0.15) is 5.58 Å². The number of sulfonamides is 1. The fraction of sp³-hybridized carbons (Fsp3) is 0.318. The van der Waals surface area contributed by atoms with E-state index in [9.17, 15) is 13.2 Å². The summed E-state index contributed by atoms with van der Waals surface area (Å²) in [5, 5.41) is 4.17. The average molecular weight is 447 g/mol. The van der Waals surface area contributed by atoms with Crippen LogP contribution in [0.3, 0.4) is 0 Å². The van der Waals surface area contributed by atoms with Crippen molar-refractivity contribution in [3.8, 4) is 0 Å². The van der Waals surface area contributed by atoms with Crippen LogP contribution in [-0.2, 0) is 16.4 Å². The van der Waals surface area contributed by atoms with Crippen molar-refractivity contribution in [2.75, 3.05) is 19.6 Å². The van der Waals surface area contributed by atoms with Crippen LogP contribution in [0.25, 0.3) is 11.0 Å². The second-order valence-electron chi connectivity index (χ2n) is 7.46. The molecule has 0 radical (unpaired) electrons. The highest BCUT2D eigenvalue weighted by Crippen LogP contribution is 2.29. The molecule has 4 rings (SSSR count). The van der Waals surface area contributed by atoms with E-state index in [0.717, 1.165) is 18.4 Å². The molecule has 3 aromatic rings. The highest BCUT2D eigenvalue weighted by molar-refractivity contribution is 7.89. The van der Waals surface area contributed by atoms with Gasteiger partial charge in [0.05, 0.1) is 4.90 Å². The van der Waals surface area contributed by atoms with Crippen molar-refractivity contribution < 1.29 is 17.6 Å². The lowest BCUT2D eigenvalue weighted by molar-refractivity contribution is 0.0927. The van der Waals surface area contributed by atoms with Gasteiger partial charge in [-0.3, -0.25) is 4.79 Å². The maximum Gasteiger partial charge on any atom is 0.287 e. The zero-order chi connectivity index (χ0) is 21.3. The summed E-state index contributed by atoms with van der Waals surface area (Å²) in [7, 11) is -3.52. The fourth-order valence-corrected chi connectivity index (χ4v) is 5.38. The average Bonchev–Trinajstić information content (AvgIpc) is 3.38. The van der Waals surface area contributed by atoms with Gasteiger partial charge in [-0.05, 0) is 62.1 Å². The molecule has 1 saturated heterocycles. The molecule has 1 aliphatic heterocycles. The SMILES string of the molecule is Cc1c(C(=O)NCCc2ccc(Cl)cc2)oc2ccc(S(=O)(=O)N3CCCC3)cc12. The number of nitrogens with zero attached hydrogens (tertiary/aromatic N) is 1. The standard InChI is InChI=1S/C22H23ClN2O4S/c1-15-19-14-18(30(27,28)25-12-2-3-13-25)8-9-20(19)29-21(15)22(26)24-11-10-16-4-6-17(23)7-5-16/h4-9,14H,2-3,10-13H2,1H3,(H,24,26). The second kappa shape index (κ2) is 8.41. The Bertz CT molecular complexity index is 1180. The first kappa shape index (κ1) is 20.9. The van der Waals surface area contributed by atoms with E-state index in [2.05, 4.69) is 5.32 Å². The molecule has 0 spiro atoms. The highest BCUT2D eigenvalue weighted by atomic mass is 35.5. The van der Waals surface area contributed by atoms with Crippen molar-refractivity contribution in [1.29, 1.82) is 0 Å².